The number of nitrogens with zero attached hydrogens (tertiary/aromatic N) is 2. The molecular weight excluding hydrogens is 135 g/mol. The van der Waals surface area contributed by atoms with Crippen molar-refractivity contribution in [2.24, 2.45) is 7.05 Å². The predicted molar refractivity (Wildman–Crippen MR) is 46.1 cm³/mol. The molecule has 0 bridgehead atoms. The van der Waals surface area contributed by atoms with Crippen molar-refractivity contribution in [3.05, 3.63) is 24.5 Å². The number of aryl methyl sites for hydroxylation is 1. The lowest BCUT2D eigenvalue weighted by Gasteiger charge is -1.91. The Morgan fingerprint density at radius 1 is 1.55 bits per heavy atom. The van der Waals surface area contributed by atoms with Crippen LogP contribution < -0.4 is 5.46 Å². The van der Waals surface area contributed by atoms with Crippen LogP contribution in [-0.2, 0) is 7.05 Å². The summed E-state index contributed by atoms with van der Waals surface area (Å²) in [6.07, 6.45) is 3.64. The summed E-state index contributed by atoms with van der Waals surface area (Å²) in [5.74, 6) is 0. The van der Waals surface area contributed by atoms with E-state index in [1.54, 1.807) is 6.20 Å². The second kappa shape index (κ2) is 2.12. The second-order valence-corrected chi connectivity index (χ2v) is 2.57. The molecule has 2 radical (unpaired) electrons. The van der Waals surface area contributed by atoms with Crippen LogP contribution in [0.1, 0.15) is 0 Å². The van der Waals surface area contributed by atoms with Crippen molar-refractivity contribution in [1.29, 1.82) is 0 Å². The van der Waals surface area contributed by atoms with Crippen molar-refractivity contribution in [3.8, 4) is 0 Å². The molecule has 2 nitrogen and oxygen atoms in total. The molecule has 2 rings (SSSR count). The average molecular weight is 142 g/mol. The standard InChI is InChI=1S/C8H7BN2/c1-11-5-7(9)6-3-2-4-10-8(6)11/h2-5H,1H3. The topological polar surface area (TPSA) is 17.8 Å². The van der Waals surface area contributed by atoms with Crippen molar-refractivity contribution in [1.82, 2.24) is 9.55 Å². The van der Waals surface area contributed by atoms with Gasteiger partial charge in [-0.25, -0.2) is 4.98 Å². The molecule has 0 atom stereocenters. The summed E-state index contributed by atoms with van der Waals surface area (Å²) in [5.41, 5.74) is 1.72. The minimum absolute atomic E-state index is 0.788. The minimum atomic E-state index is 0.788. The van der Waals surface area contributed by atoms with Crippen molar-refractivity contribution in [2.75, 3.05) is 0 Å². The first kappa shape index (κ1) is 6.46. The Hall–Kier alpha value is -1.25. The Morgan fingerprint density at radius 3 is 3.09 bits per heavy atom. The zero-order valence-corrected chi connectivity index (χ0v) is 6.28. The van der Waals surface area contributed by atoms with Gasteiger partial charge in [0.2, 0.25) is 0 Å². The molecule has 0 saturated carbocycles. The lowest BCUT2D eigenvalue weighted by Crippen LogP contribution is -1.97. The number of hydrogen-bond donors (Lipinski definition) is 0. The van der Waals surface area contributed by atoms with Crippen LogP contribution >= 0.6 is 0 Å². The largest absolute Gasteiger partial charge is 0.336 e. The van der Waals surface area contributed by atoms with E-state index in [1.807, 2.05) is 29.9 Å². The van der Waals surface area contributed by atoms with Gasteiger partial charge in [-0.3, -0.25) is 0 Å². The van der Waals surface area contributed by atoms with Crippen molar-refractivity contribution >= 4 is 24.3 Å². The Labute approximate surface area is 66.3 Å². The number of hydrogen-bond acceptors (Lipinski definition) is 1. The molecule has 0 aliphatic heterocycles. The molecule has 11 heavy (non-hydrogen) atoms. The molecule has 2 heterocycles. The lowest BCUT2D eigenvalue weighted by atomic mass is 9.97. The first-order chi connectivity index (χ1) is 5.29. The monoisotopic (exact) mass is 142 g/mol. The molecule has 0 saturated heterocycles. The third kappa shape index (κ3) is 0.844. The highest BCUT2D eigenvalue weighted by Crippen LogP contribution is 2.06. The molecule has 0 spiro atoms. The maximum atomic E-state index is 5.72. The minimum Gasteiger partial charge on any atom is -0.336 e. The number of fused-ring (bicyclic) bond motifs is 1. The zero-order chi connectivity index (χ0) is 7.84. The summed E-state index contributed by atoms with van der Waals surface area (Å²) in [4.78, 5) is 4.18. The summed E-state index contributed by atoms with van der Waals surface area (Å²) in [5, 5.41) is 1.02. The second-order valence-electron chi connectivity index (χ2n) is 2.57. The summed E-state index contributed by atoms with van der Waals surface area (Å²) < 4.78 is 1.92. The fourth-order valence-corrected chi connectivity index (χ4v) is 1.24. The molecule has 0 N–H and O–H groups in total. The van der Waals surface area contributed by atoms with Crippen molar-refractivity contribution < 1.29 is 0 Å². The highest BCUT2D eigenvalue weighted by Gasteiger charge is 2.00. The number of aromatic nitrogens is 2. The van der Waals surface area contributed by atoms with Crippen LogP contribution in [0.3, 0.4) is 0 Å². The van der Waals surface area contributed by atoms with Gasteiger partial charge < -0.3 is 4.57 Å². The fraction of sp³-hybridized carbons (Fsp3) is 0.125. The van der Waals surface area contributed by atoms with E-state index < -0.39 is 0 Å². The molecule has 52 valence electrons. The van der Waals surface area contributed by atoms with Gasteiger partial charge in [0.1, 0.15) is 13.5 Å². The summed E-state index contributed by atoms with van der Waals surface area (Å²) in [6.45, 7) is 0. The maximum Gasteiger partial charge on any atom is 0.138 e. The molecule has 0 aromatic carbocycles. The smallest absolute Gasteiger partial charge is 0.138 e. The molecule has 0 fully saturated rings. The van der Waals surface area contributed by atoms with E-state index in [1.165, 1.54) is 0 Å². The van der Waals surface area contributed by atoms with Crippen LogP contribution in [0.2, 0.25) is 0 Å². The van der Waals surface area contributed by atoms with E-state index in [-0.39, 0.29) is 0 Å². The van der Waals surface area contributed by atoms with Gasteiger partial charge in [-0.1, -0.05) is 11.5 Å². The molecule has 0 unspecified atom stereocenters. The molecule has 0 aliphatic carbocycles. The Bertz CT molecular complexity index is 356. The van der Waals surface area contributed by atoms with Crippen molar-refractivity contribution in [3.63, 3.8) is 0 Å². The van der Waals surface area contributed by atoms with Gasteiger partial charge in [-0.15, -0.1) is 0 Å². The van der Waals surface area contributed by atoms with Gasteiger partial charge in [-0.2, -0.15) is 0 Å². The first-order valence-electron chi connectivity index (χ1n) is 3.44. The van der Waals surface area contributed by atoms with E-state index in [4.69, 9.17) is 7.85 Å². The highest BCUT2D eigenvalue weighted by atomic mass is 15.0. The number of pyridine rings is 1. The van der Waals surface area contributed by atoms with E-state index in [0.717, 1.165) is 16.5 Å². The Morgan fingerprint density at radius 2 is 2.36 bits per heavy atom. The van der Waals surface area contributed by atoms with E-state index >= 15 is 0 Å². The molecule has 2 aromatic rings. The third-order valence-corrected chi connectivity index (χ3v) is 1.76. The normalized spacial score (nSPS) is 10.6. The summed E-state index contributed by atoms with van der Waals surface area (Å²) >= 11 is 0. The number of rotatable bonds is 0. The van der Waals surface area contributed by atoms with Crippen LogP contribution in [0, 0.1) is 0 Å². The van der Waals surface area contributed by atoms with Gasteiger partial charge in [0, 0.05) is 18.6 Å². The van der Waals surface area contributed by atoms with Gasteiger partial charge in [-0.05, 0) is 12.3 Å². The Kier molecular flexibility index (Phi) is 1.25. The Balaban J connectivity index is 2.95. The molecule has 2 aromatic heterocycles. The fourth-order valence-electron chi connectivity index (χ4n) is 1.24. The van der Waals surface area contributed by atoms with Crippen LogP contribution in [0.25, 0.3) is 11.0 Å². The van der Waals surface area contributed by atoms with Crippen LogP contribution in [0.4, 0.5) is 0 Å². The average Bonchev–Trinajstić information content (AvgIpc) is 2.30. The van der Waals surface area contributed by atoms with Crippen LogP contribution in [0.5, 0.6) is 0 Å². The van der Waals surface area contributed by atoms with Crippen molar-refractivity contribution in [2.45, 2.75) is 0 Å². The lowest BCUT2D eigenvalue weighted by molar-refractivity contribution is 0.951. The van der Waals surface area contributed by atoms with Crippen LogP contribution in [0.15, 0.2) is 24.5 Å². The zero-order valence-electron chi connectivity index (χ0n) is 6.28. The highest BCUT2D eigenvalue weighted by molar-refractivity contribution is 6.38. The van der Waals surface area contributed by atoms with Gasteiger partial charge in [0.05, 0.1) is 0 Å². The SMILES string of the molecule is [B]c1cn(C)c2ncccc12. The predicted octanol–water partition coefficient (Wildman–Crippen LogP) is 0.367. The molecular formula is C8H7BN2. The van der Waals surface area contributed by atoms with E-state index in [9.17, 15) is 0 Å². The molecule has 0 amide bonds. The molecule has 3 heteroatoms. The summed E-state index contributed by atoms with van der Waals surface area (Å²) in [6, 6.07) is 3.86. The van der Waals surface area contributed by atoms with Gasteiger partial charge in [0.15, 0.2) is 0 Å². The molecule has 0 aliphatic rings. The van der Waals surface area contributed by atoms with Gasteiger partial charge >= 0.3 is 0 Å². The summed E-state index contributed by atoms with van der Waals surface area (Å²) in [7, 11) is 7.65. The maximum absolute atomic E-state index is 5.72. The van der Waals surface area contributed by atoms with Gasteiger partial charge in [0.25, 0.3) is 0 Å². The quantitative estimate of drug-likeness (QED) is 0.485. The van der Waals surface area contributed by atoms with E-state index in [2.05, 4.69) is 4.98 Å². The first-order valence-corrected chi connectivity index (χ1v) is 3.44. The van der Waals surface area contributed by atoms with Crippen LogP contribution in [-0.4, -0.2) is 17.4 Å². The third-order valence-electron chi connectivity index (χ3n) is 1.76. The van der Waals surface area contributed by atoms with E-state index in [0.29, 0.717) is 0 Å².